The Hall–Kier alpha value is -2.34. The Bertz CT molecular complexity index is 812. The summed E-state index contributed by atoms with van der Waals surface area (Å²) in [6.07, 6.45) is 5.29. The summed E-state index contributed by atoms with van der Waals surface area (Å²) >= 11 is 1.61. The van der Waals surface area contributed by atoms with Crippen LogP contribution in [0.25, 0.3) is 5.65 Å². The van der Waals surface area contributed by atoms with Gasteiger partial charge in [-0.3, -0.25) is 4.79 Å². The lowest BCUT2D eigenvalue weighted by atomic mass is 10.1. The molecule has 3 aromatic rings. The molecule has 106 valence electrons. The normalized spacial score (nSPS) is 10.8. The van der Waals surface area contributed by atoms with Gasteiger partial charge in [-0.15, -0.1) is 11.8 Å². The van der Waals surface area contributed by atoms with Gasteiger partial charge in [0, 0.05) is 22.7 Å². The second-order valence-electron chi connectivity index (χ2n) is 4.57. The van der Waals surface area contributed by atoms with E-state index in [1.54, 1.807) is 40.8 Å². The quantitative estimate of drug-likeness (QED) is 0.755. The Morgan fingerprint density at radius 2 is 2.10 bits per heavy atom. The van der Waals surface area contributed by atoms with E-state index in [4.69, 9.17) is 0 Å². The lowest BCUT2D eigenvalue weighted by Crippen LogP contribution is -2.16. The summed E-state index contributed by atoms with van der Waals surface area (Å²) in [7, 11) is 0. The SMILES string of the molecule is CSc1ccc(C)c(C(=O)Nc2ccnc3ccnn23)c1. The minimum Gasteiger partial charge on any atom is -0.306 e. The lowest BCUT2D eigenvalue weighted by molar-refractivity contribution is 0.102. The topological polar surface area (TPSA) is 59.3 Å². The number of carbonyl (C=O) groups excluding carboxylic acids is 1. The standard InChI is InChI=1S/C15H14N4OS/c1-10-3-4-11(21-2)9-12(10)15(20)18-14-5-7-16-13-6-8-17-19(13)14/h3-9H,1-2H3,(H,18,20). The average molecular weight is 298 g/mol. The molecule has 0 saturated carbocycles. The van der Waals surface area contributed by atoms with E-state index in [2.05, 4.69) is 15.4 Å². The van der Waals surface area contributed by atoms with Crippen molar-refractivity contribution in [3.05, 3.63) is 53.9 Å². The summed E-state index contributed by atoms with van der Waals surface area (Å²) in [6, 6.07) is 9.38. The molecule has 3 rings (SSSR count). The number of nitrogens with zero attached hydrogens (tertiary/aromatic N) is 3. The van der Waals surface area contributed by atoms with Crippen molar-refractivity contribution in [1.29, 1.82) is 0 Å². The van der Waals surface area contributed by atoms with Crippen LogP contribution in [0, 0.1) is 6.92 Å². The molecular weight excluding hydrogens is 284 g/mol. The van der Waals surface area contributed by atoms with Crippen LogP contribution < -0.4 is 5.32 Å². The first-order valence-corrected chi connectivity index (χ1v) is 7.66. The van der Waals surface area contributed by atoms with E-state index in [-0.39, 0.29) is 5.91 Å². The summed E-state index contributed by atoms with van der Waals surface area (Å²) in [5, 5.41) is 7.05. The number of fused-ring (bicyclic) bond motifs is 1. The molecule has 0 radical (unpaired) electrons. The molecule has 0 aliphatic carbocycles. The van der Waals surface area contributed by atoms with Crippen LogP contribution in [0.4, 0.5) is 5.82 Å². The van der Waals surface area contributed by atoms with E-state index < -0.39 is 0 Å². The van der Waals surface area contributed by atoms with Crippen molar-refractivity contribution in [3.8, 4) is 0 Å². The first kappa shape index (κ1) is 13.6. The first-order chi connectivity index (χ1) is 10.2. The Morgan fingerprint density at radius 1 is 1.24 bits per heavy atom. The second kappa shape index (κ2) is 5.57. The molecule has 6 heteroatoms. The van der Waals surface area contributed by atoms with Crippen molar-refractivity contribution < 1.29 is 4.79 Å². The van der Waals surface area contributed by atoms with E-state index in [0.29, 0.717) is 17.0 Å². The van der Waals surface area contributed by atoms with Crippen LogP contribution in [-0.4, -0.2) is 26.8 Å². The molecule has 5 nitrogen and oxygen atoms in total. The summed E-state index contributed by atoms with van der Waals surface area (Å²) < 4.78 is 1.60. The van der Waals surface area contributed by atoms with Gasteiger partial charge in [0.25, 0.3) is 5.91 Å². The number of hydrogen-bond acceptors (Lipinski definition) is 4. The number of rotatable bonds is 3. The van der Waals surface area contributed by atoms with Crippen molar-refractivity contribution in [3.63, 3.8) is 0 Å². The van der Waals surface area contributed by atoms with Crippen LogP contribution in [0.1, 0.15) is 15.9 Å². The molecule has 0 saturated heterocycles. The van der Waals surface area contributed by atoms with E-state index in [0.717, 1.165) is 10.5 Å². The maximum atomic E-state index is 12.5. The van der Waals surface area contributed by atoms with Gasteiger partial charge in [-0.05, 0) is 36.9 Å². The molecule has 0 aliphatic rings. The molecule has 2 heterocycles. The predicted molar refractivity (Wildman–Crippen MR) is 83.9 cm³/mol. The third kappa shape index (κ3) is 2.62. The zero-order valence-corrected chi connectivity index (χ0v) is 12.5. The smallest absolute Gasteiger partial charge is 0.257 e. The van der Waals surface area contributed by atoms with Gasteiger partial charge in [-0.2, -0.15) is 9.61 Å². The highest BCUT2D eigenvalue weighted by molar-refractivity contribution is 7.98. The van der Waals surface area contributed by atoms with Gasteiger partial charge in [0.15, 0.2) is 5.65 Å². The Kier molecular flexibility index (Phi) is 3.62. The largest absolute Gasteiger partial charge is 0.306 e. The van der Waals surface area contributed by atoms with Gasteiger partial charge in [-0.1, -0.05) is 6.07 Å². The van der Waals surface area contributed by atoms with Gasteiger partial charge in [-0.25, -0.2) is 4.98 Å². The maximum Gasteiger partial charge on any atom is 0.257 e. The van der Waals surface area contributed by atoms with Crippen molar-refractivity contribution in [2.24, 2.45) is 0 Å². The number of amides is 1. The van der Waals surface area contributed by atoms with Crippen molar-refractivity contribution in [1.82, 2.24) is 14.6 Å². The van der Waals surface area contributed by atoms with Gasteiger partial charge in [0.2, 0.25) is 0 Å². The molecule has 0 aliphatic heterocycles. The number of aryl methyl sites for hydroxylation is 1. The van der Waals surface area contributed by atoms with Crippen LogP contribution in [0.5, 0.6) is 0 Å². The number of thioether (sulfide) groups is 1. The lowest BCUT2D eigenvalue weighted by Gasteiger charge is -2.10. The van der Waals surface area contributed by atoms with Gasteiger partial charge < -0.3 is 5.32 Å². The summed E-state index contributed by atoms with van der Waals surface area (Å²) in [5.41, 5.74) is 2.30. The zero-order chi connectivity index (χ0) is 14.8. The molecule has 1 aromatic carbocycles. The number of nitrogens with one attached hydrogen (secondary N) is 1. The molecule has 1 N–H and O–H groups in total. The fourth-order valence-corrected chi connectivity index (χ4v) is 2.53. The monoisotopic (exact) mass is 298 g/mol. The van der Waals surface area contributed by atoms with E-state index in [1.807, 2.05) is 31.4 Å². The molecule has 0 fully saturated rings. The predicted octanol–water partition coefficient (Wildman–Crippen LogP) is 3.01. The highest BCUT2D eigenvalue weighted by Crippen LogP contribution is 2.20. The number of hydrogen-bond donors (Lipinski definition) is 1. The minimum atomic E-state index is -0.147. The van der Waals surface area contributed by atoms with E-state index >= 15 is 0 Å². The summed E-state index contributed by atoms with van der Waals surface area (Å²) in [5.74, 6) is 0.454. The van der Waals surface area contributed by atoms with Crippen LogP contribution in [-0.2, 0) is 0 Å². The molecule has 0 spiro atoms. The minimum absolute atomic E-state index is 0.147. The van der Waals surface area contributed by atoms with Crippen molar-refractivity contribution >= 4 is 29.1 Å². The fourth-order valence-electron chi connectivity index (χ4n) is 2.09. The fraction of sp³-hybridized carbons (Fsp3) is 0.133. The number of anilines is 1. The molecular formula is C15H14N4OS. The third-order valence-corrected chi connectivity index (χ3v) is 3.95. The van der Waals surface area contributed by atoms with Crippen LogP contribution in [0.3, 0.4) is 0 Å². The Morgan fingerprint density at radius 3 is 2.90 bits per heavy atom. The molecule has 0 atom stereocenters. The maximum absolute atomic E-state index is 12.5. The van der Waals surface area contributed by atoms with Crippen molar-refractivity contribution in [2.45, 2.75) is 11.8 Å². The molecule has 0 bridgehead atoms. The molecule has 1 amide bonds. The highest BCUT2D eigenvalue weighted by atomic mass is 32.2. The molecule has 2 aromatic heterocycles. The number of aromatic nitrogens is 3. The molecule has 21 heavy (non-hydrogen) atoms. The van der Waals surface area contributed by atoms with Crippen LogP contribution in [0.15, 0.2) is 47.6 Å². The molecule has 0 unspecified atom stereocenters. The van der Waals surface area contributed by atoms with Gasteiger partial charge >= 0.3 is 0 Å². The first-order valence-electron chi connectivity index (χ1n) is 6.44. The average Bonchev–Trinajstić information content (AvgIpc) is 2.97. The second-order valence-corrected chi connectivity index (χ2v) is 5.45. The van der Waals surface area contributed by atoms with Gasteiger partial charge in [0.05, 0.1) is 6.20 Å². The van der Waals surface area contributed by atoms with Crippen LogP contribution in [0.2, 0.25) is 0 Å². The third-order valence-electron chi connectivity index (χ3n) is 3.22. The zero-order valence-electron chi connectivity index (χ0n) is 11.7. The van der Waals surface area contributed by atoms with Gasteiger partial charge in [0.1, 0.15) is 5.82 Å². The summed E-state index contributed by atoms with van der Waals surface area (Å²) in [4.78, 5) is 17.7. The van der Waals surface area contributed by atoms with E-state index in [9.17, 15) is 4.79 Å². The van der Waals surface area contributed by atoms with Crippen molar-refractivity contribution in [2.75, 3.05) is 11.6 Å². The highest BCUT2D eigenvalue weighted by Gasteiger charge is 2.12. The van der Waals surface area contributed by atoms with Crippen LogP contribution >= 0.6 is 11.8 Å². The number of benzene rings is 1. The van der Waals surface area contributed by atoms with E-state index in [1.165, 1.54) is 0 Å². The number of carbonyl (C=O) groups is 1. The Balaban J connectivity index is 1.95. The Labute approximate surface area is 126 Å². The summed E-state index contributed by atoms with van der Waals surface area (Å²) in [6.45, 7) is 1.93.